The Morgan fingerprint density at radius 1 is 1.21 bits per heavy atom. The molecule has 0 aromatic carbocycles. The van der Waals surface area contributed by atoms with Gasteiger partial charge in [-0.15, -0.1) is 24.8 Å². The number of rotatable bonds is 0. The molecule has 2 N–H and O–H groups in total. The number of nitrogens with two attached hydrogens (primary N) is 1. The SMILES string of the molecule is Cl.Cl.Nc1cc2c(nc1Cl)CCCC2. The summed E-state index contributed by atoms with van der Waals surface area (Å²) in [7, 11) is 0. The highest BCUT2D eigenvalue weighted by Gasteiger charge is 2.12. The number of halogens is 3. The first-order valence-electron chi connectivity index (χ1n) is 4.21. The second kappa shape index (κ2) is 5.64. The van der Waals surface area contributed by atoms with Crippen LogP contribution in [-0.2, 0) is 12.8 Å². The van der Waals surface area contributed by atoms with Crippen LogP contribution in [-0.4, -0.2) is 4.98 Å². The summed E-state index contributed by atoms with van der Waals surface area (Å²) in [5.41, 5.74) is 8.68. The topological polar surface area (TPSA) is 38.9 Å². The molecule has 14 heavy (non-hydrogen) atoms. The molecule has 0 atom stereocenters. The number of nitrogen functional groups attached to an aromatic ring is 1. The lowest BCUT2D eigenvalue weighted by Crippen LogP contribution is -2.06. The van der Waals surface area contributed by atoms with Gasteiger partial charge in [0.2, 0.25) is 0 Å². The van der Waals surface area contributed by atoms with Gasteiger partial charge >= 0.3 is 0 Å². The van der Waals surface area contributed by atoms with Gasteiger partial charge in [-0.25, -0.2) is 4.98 Å². The van der Waals surface area contributed by atoms with Gasteiger partial charge in [-0.3, -0.25) is 0 Å². The number of nitrogens with zero attached hydrogens (tertiary/aromatic N) is 1. The van der Waals surface area contributed by atoms with E-state index < -0.39 is 0 Å². The van der Waals surface area contributed by atoms with Gasteiger partial charge in [0, 0.05) is 5.69 Å². The van der Waals surface area contributed by atoms with Crippen LogP contribution < -0.4 is 5.73 Å². The third-order valence-corrected chi connectivity index (χ3v) is 2.58. The standard InChI is InChI=1S/C9H11ClN2.2ClH/c10-9-7(11)5-6-3-1-2-4-8(6)12-9;;/h5H,1-4,11H2;2*1H. The molecule has 1 aromatic heterocycles. The fourth-order valence-electron chi connectivity index (χ4n) is 1.63. The maximum Gasteiger partial charge on any atom is 0.152 e. The van der Waals surface area contributed by atoms with Gasteiger partial charge < -0.3 is 5.73 Å². The zero-order valence-electron chi connectivity index (χ0n) is 7.62. The van der Waals surface area contributed by atoms with Crippen molar-refractivity contribution >= 4 is 42.1 Å². The van der Waals surface area contributed by atoms with Crippen molar-refractivity contribution in [3.63, 3.8) is 0 Å². The molecule has 0 radical (unpaired) electrons. The molecule has 5 heteroatoms. The van der Waals surface area contributed by atoms with Crippen molar-refractivity contribution in [1.82, 2.24) is 4.98 Å². The van der Waals surface area contributed by atoms with E-state index in [2.05, 4.69) is 4.98 Å². The van der Waals surface area contributed by atoms with Crippen molar-refractivity contribution in [1.29, 1.82) is 0 Å². The first-order valence-corrected chi connectivity index (χ1v) is 4.59. The van der Waals surface area contributed by atoms with Gasteiger partial charge in [0.05, 0.1) is 5.69 Å². The minimum Gasteiger partial charge on any atom is -0.396 e. The van der Waals surface area contributed by atoms with Crippen molar-refractivity contribution in [2.24, 2.45) is 0 Å². The molecule has 1 aliphatic carbocycles. The fourth-order valence-corrected chi connectivity index (χ4v) is 1.78. The van der Waals surface area contributed by atoms with Gasteiger partial charge in [-0.05, 0) is 37.3 Å². The van der Waals surface area contributed by atoms with Crippen LogP contribution in [0.1, 0.15) is 24.1 Å². The van der Waals surface area contributed by atoms with Gasteiger partial charge in [-0.2, -0.15) is 0 Å². The van der Waals surface area contributed by atoms with Crippen molar-refractivity contribution in [3.05, 3.63) is 22.5 Å². The normalized spacial score (nSPS) is 13.5. The quantitative estimate of drug-likeness (QED) is 0.724. The summed E-state index contributed by atoms with van der Waals surface area (Å²) in [4.78, 5) is 4.25. The Balaban J connectivity index is 0.000000845. The molecule has 0 bridgehead atoms. The van der Waals surface area contributed by atoms with Crippen molar-refractivity contribution in [3.8, 4) is 0 Å². The minimum absolute atomic E-state index is 0. The summed E-state index contributed by atoms with van der Waals surface area (Å²) in [6, 6.07) is 1.96. The Bertz CT molecular complexity index is 284. The lowest BCUT2D eigenvalue weighted by Gasteiger charge is -2.15. The van der Waals surface area contributed by atoms with Gasteiger partial charge in [0.1, 0.15) is 0 Å². The zero-order valence-corrected chi connectivity index (χ0v) is 10.0. The van der Waals surface area contributed by atoms with Crippen LogP contribution in [0.2, 0.25) is 5.15 Å². The molecule has 0 saturated heterocycles. The van der Waals surface area contributed by atoms with Gasteiger partial charge in [0.15, 0.2) is 5.15 Å². The molecular formula is C9H13Cl3N2. The third kappa shape index (κ3) is 2.66. The number of anilines is 1. The number of aryl methyl sites for hydroxylation is 2. The summed E-state index contributed by atoms with van der Waals surface area (Å²) < 4.78 is 0. The molecule has 0 amide bonds. The van der Waals surface area contributed by atoms with E-state index in [0.717, 1.165) is 18.5 Å². The minimum atomic E-state index is 0. The summed E-state index contributed by atoms with van der Waals surface area (Å²) >= 11 is 5.81. The zero-order chi connectivity index (χ0) is 8.55. The van der Waals surface area contributed by atoms with E-state index in [1.807, 2.05) is 6.07 Å². The largest absolute Gasteiger partial charge is 0.396 e. The first kappa shape index (κ1) is 13.8. The van der Waals surface area contributed by atoms with E-state index in [1.165, 1.54) is 18.4 Å². The molecular weight excluding hydrogens is 242 g/mol. The molecule has 0 saturated carbocycles. The van der Waals surface area contributed by atoms with Crippen molar-refractivity contribution in [2.45, 2.75) is 25.7 Å². The Morgan fingerprint density at radius 2 is 1.86 bits per heavy atom. The maximum absolute atomic E-state index is 5.81. The third-order valence-electron chi connectivity index (χ3n) is 2.28. The molecule has 2 nitrogen and oxygen atoms in total. The average molecular weight is 256 g/mol. The lowest BCUT2D eigenvalue weighted by atomic mass is 9.96. The van der Waals surface area contributed by atoms with Crippen LogP contribution in [0.25, 0.3) is 0 Å². The van der Waals surface area contributed by atoms with E-state index >= 15 is 0 Å². The Morgan fingerprint density at radius 3 is 2.57 bits per heavy atom. The number of aromatic nitrogens is 1. The number of hydrogen-bond donors (Lipinski definition) is 1. The molecule has 1 aliphatic rings. The van der Waals surface area contributed by atoms with E-state index in [-0.39, 0.29) is 24.8 Å². The molecule has 0 unspecified atom stereocenters. The predicted octanol–water partition coefficient (Wildman–Crippen LogP) is 3.04. The molecule has 1 aromatic rings. The Hall–Kier alpha value is -0.180. The van der Waals surface area contributed by atoms with Gasteiger partial charge in [0.25, 0.3) is 0 Å². The maximum atomic E-state index is 5.81. The molecule has 1 heterocycles. The second-order valence-corrected chi connectivity index (χ2v) is 3.54. The number of fused-ring (bicyclic) bond motifs is 1. The summed E-state index contributed by atoms with van der Waals surface area (Å²) in [6.07, 6.45) is 4.62. The van der Waals surface area contributed by atoms with Crippen LogP contribution in [0, 0.1) is 0 Å². The molecule has 0 spiro atoms. The van der Waals surface area contributed by atoms with E-state index in [4.69, 9.17) is 17.3 Å². The first-order chi connectivity index (χ1) is 5.77. The van der Waals surface area contributed by atoms with Crippen molar-refractivity contribution in [2.75, 3.05) is 5.73 Å². The fraction of sp³-hybridized carbons (Fsp3) is 0.444. The van der Waals surface area contributed by atoms with E-state index in [0.29, 0.717) is 10.8 Å². The van der Waals surface area contributed by atoms with Crippen LogP contribution in [0.3, 0.4) is 0 Å². The van der Waals surface area contributed by atoms with Crippen LogP contribution in [0.4, 0.5) is 5.69 Å². The van der Waals surface area contributed by atoms with E-state index in [1.54, 1.807) is 0 Å². The predicted molar refractivity (Wildman–Crippen MR) is 64.8 cm³/mol. The molecule has 2 rings (SSSR count). The summed E-state index contributed by atoms with van der Waals surface area (Å²) in [5, 5.41) is 0.454. The Kier molecular flexibility index (Phi) is 5.57. The number of pyridine rings is 1. The summed E-state index contributed by atoms with van der Waals surface area (Å²) in [5.74, 6) is 0. The second-order valence-electron chi connectivity index (χ2n) is 3.18. The monoisotopic (exact) mass is 254 g/mol. The molecule has 0 aliphatic heterocycles. The smallest absolute Gasteiger partial charge is 0.152 e. The highest BCUT2D eigenvalue weighted by Crippen LogP contribution is 2.25. The highest BCUT2D eigenvalue weighted by molar-refractivity contribution is 6.31. The van der Waals surface area contributed by atoms with Crippen LogP contribution in [0.5, 0.6) is 0 Å². The van der Waals surface area contributed by atoms with Crippen LogP contribution in [0.15, 0.2) is 6.07 Å². The lowest BCUT2D eigenvalue weighted by molar-refractivity contribution is 0.668. The highest BCUT2D eigenvalue weighted by atomic mass is 35.5. The van der Waals surface area contributed by atoms with Crippen LogP contribution >= 0.6 is 36.4 Å². The van der Waals surface area contributed by atoms with E-state index in [9.17, 15) is 0 Å². The Labute approximate surface area is 101 Å². The van der Waals surface area contributed by atoms with Crippen molar-refractivity contribution < 1.29 is 0 Å². The average Bonchev–Trinajstić information content (AvgIpc) is 2.07. The molecule has 0 fully saturated rings. The molecule has 80 valence electrons. The van der Waals surface area contributed by atoms with Gasteiger partial charge in [-0.1, -0.05) is 11.6 Å². The summed E-state index contributed by atoms with van der Waals surface area (Å²) in [6.45, 7) is 0. The number of hydrogen-bond acceptors (Lipinski definition) is 2.